The molecule has 1 N–H and O–H groups in total. The van der Waals surface area contributed by atoms with Gasteiger partial charge in [0.1, 0.15) is 5.15 Å². The van der Waals surface area contributed by atoms with Gasteiger partial charge in [0.2, 0.25) is 0 Å². The van der Waals surface area contributed by atoms with Gasteiger partial charge in [0, 0.05) is 17.5 Å². The normalized spacial score (nSPS) is 11.4. The summed E-state index contributed by atoms with van der Waals surface area (Å²) in [7, 11) is 4.09. The average Bonchev–Trinajstić information content (AvgIpc) is 2.40. The number of aromatic nitrogens is 1. The molecule has 1 heterocycles. The van der Waals surface area contributed by atoms with Crippen LogP contribution in [0.4, 0.5) is 0 Å². The third kappa shape index (κ3) is 3.90. The minimum Gasteiger partial charge on any atom is -0.320 e. The first kappa shape index (κ1) is 14.3. The SMILES string of the molecule is CNCCCN(C)Cc1cc2ccccc2nc1Cl. The number of hydrogen-bond donors (Lipinski definition) is 1. The van der Waals surface area contributed by atoms with Gasteiger partial charge in [0.05, 0.1) is 5.52 Å². The van der Waals surface area contributed by atoms with Crippen molar-refractivity contribution in [2.24, 2.45) is 0 Å². The van der Waals surface area contributed by atoms with E-state index in [2.05, 4.69) is 34.4 Å². The van der Waals surface area contributed by atoms with E-state index in [1.807, 2.05) is 25.2 Å². The van der Waals surface area contributed by atoms with E-state index in [0.29, 0.717) is 5.15 Å². The molecule has 2 aromatic rings. The summed E-state index contributed by atoms with van der Waals surface area (Å²) in [6.07, 6.45) is 1.13. The molecule has 0 saturated heterocycles. The van der Waals surface area contributed by atoms with Crippen LogP contribution >= 0.6 is 11.6 Å². The molecular weight excluding hydrogens is 258 g/mol. The van der Waals surface area contributed by atoms with Crippen LogP contribution in [0.3, 0.4) is 0 Å². The number of benzene rings is 1. The van der Waals surface area contributed by atoms with Crippen LogP contribution < -0.4 is 5.32 Å². The molecule has 0 unspecified atom stereocenters. The van der Waals surface area contributed by atoms with Crippen molar-refractivity contribution in [3.63, 3.8) is 0 Å². The second kappa shape index (κ2) is 6.85. The Balaban J connectivity index is 2.09. The van der Waals surface area contributed by atoms with Gasteiger partial charge >= 0.3 is 0 Å². The summed E-state index contributed by atoms with van der Waals surface area (Å²) in [5.74, 6) is 0. The van der Waals surface area contributed by atoms with Crippen molar-refractivity contribution in [2.75, 3.05) is 27.2 Å². The lowest BCUT2D eigenvalue weighted by Gasteiger charge is -2.17. The Hall–Kier alpha value is -1.16. The highest BCUT2D eigenvalue weighted by atomic mass is 35.5. The summed E-state index contributed by atoms with van der Waals surface area (Å²) in [4.78, 5) is 6.72. The predicted octanol–water partition coefficient (Wildman–Crippen LogP) is 2.93. The number of pyridine rings is 1. The summed E-state index contributed by atoms with van der Waals surface area (Å²) < 4.78 is 0. The third-order valence-corrected chi connectivity index (χ3v) is 3.48. The zero-order valence-electron chi connectivity index (χ0n) is 11.5. The molecule has 0 spiro atoms. The van der Waals surface area contributed by atoms with Crippen LogP contribution in [-0.2, 0) is 6.54 Å². The minimum absolute atomic E-state index is 0.610. The second-order valence-corrected chi connectivity index (χ2v) is 5.18. The molecular formula is C15H20ClN3. The van der Waals surface area contributed by atoms with E-state index in [1.54, 1.807) is 0 Å². The van der Waals surface area contributed by atoms with Gasteiger partial charge < -0.3 is 10.2 Å². The molecule has 1 aromatic carbocycles. The number of nitrogens with zero attached hydrogens (tertiary/aromatic N) is 2. The number of nitrogens with one attached hydrogen (secondary N) is 1. The molecule has 102 valence electrons. The lowest BCUT2D eigenvalue weighted by molar-refractivity contribution is 0.321. The summed E-state index contributed by atoms with van der Waals surface area (Å²) in [6, 6.07) is 10.2. The van der Waals surface area contributed by atoms with Crippen molar-refractivity contribution in [1.82, 2.24) is 15.2 Å². The van der Waals surface area contributed by atoms with Crippen LogP contribution in [-0.4, -0.2) is 37.1 Å². The van der Waals surface area contributed by atoms with Gasteiger partial charge in [-0.1, -0.05) is 29.8 Å². The van der Waals surface area contributed by atoms with E-state index in [-0.39, 0.29) is 0 Å². The van der Waals surface area contributed by atoms with Crippen LogP contribution in [0.5, 0.6) is 0 Å². The first-order valence-electron chi connectivity index (χ1n) is 6.58. The predicted molar refractivity (Wildman–Crippen MR) is 81.6 cm³/mol. The molecule has 0 radical (unpaired) electrons. The van der Waals surface area contributed by atoms with Crippen molar-refractivity contribution in [3.8, 4) is 0 Å². The first-order valence-corrected chi connectivity index (χ1v) is 6.96. The molecule has 0 saturated carbocycles. The van der Waals surface area contributed by atoms with Crippen molar-refractivity contribution in [1.29, 1.82) is 0 Å². The summed E-state index contributed by atoms with van der Waals surface area (Å²) >= 11 is 6.26. The minimum atomic E-state index is 0.610. The maximum absolute atomic E-state index is 6.26. The number of halogens is 1. The third-order valence-electron chi connectivity index (χ3n) is 3.16. The largest absolute Gasteiger partial charge is 0.320 e. The molecule has 1 aromatic heterocycles. The molecule has 0 bridgehead atoms. The standard InChI is InChI=1S/C15H20ClN3/c1-17-8-5-9-19(2)11-13-10-12-6-3-4-7-14(12)18-15(13)16/h3-4,6-7,10,17H,5,8-9,11H2,1-2H3. The Bertz CT molecular complexity index is 542. The van der Waals surface area contributed by atoms with Gasteiger partial charge in [-0.25, -0.2) is 4.98 Å². The van der Waals surface area contributed by atoms with Crippen LogP contribution in [0, 0.1) is 0 Å². The number of rotatable bonds is 6. The monoisotopic (exact) mass is 277 g/mol. The summed E-state index contributed by atoms with van der Waals surface area (Å²) in [5.41, 5.74) is 2.04. The highest BCUT2D eigenvalue weighted by Crippen LogP contribution is 2.21. The Morgan fingerprint density at radius 1 is 1.32 bits per heavy atom. The molecule has 2 rings (SSSR count). The maximum atomic E-state index is 6.26. The Labute approximate surface area is 119 Å². The quantitative estimate of drug-likeness (QED) is 0.650. The van der Waals surface area contributed by atoms with E-state index < -0.39 is 0 Å². The van der Waals surface area contributed by atoms with Gasteiger partial charge in [0.25, 0.3) is 0 Å². The van der Waals surface area contributed by atoms with Gasteiger partial charge in [0.15, 0.2) is 0 Å². The van der Waals surface area contributed by atoms with Crippen LogP contribution in [0.15, 0.2) is 30.3 Å². The Morgan fingerprint density at radius 2 is 2.11 bits per heavy atom. The van der Waals surface area contributed by atoms with Crippen molar-refractivity contribution >= 4 is 22.5 Å². The Morgan fingerprint density at radius 3 is 2.89 bits per heavy atom. The highest BCUT2D eigenvalue weighted by molar-refractivity contribution is 6.30. The van der Waals surface area contributed by atoms with Gasteiger partial charge in [-0.3, -0.25) is 0 Å². The van der Waals surface area contributed by atoms with E-state index in [4.69, 9.17) is 11.6 Å². The molecule has 0 aliphatic rings. The molecule has 19 heavy (non-hydrogen) atoms. The van der Waals surface area contributed by atoms with Gasteiger partial charge in [-0.15, -0.1) is 0 Å². The molecule has 0 aliphatic heterocycles. The van der Waals surface area contributed by atoms with Crippen LogP contribution in [0.25, 0.3) is 10.9 Å². The first-order chi connectivity index (χ1) is 9.20. The fourth-order valence-corrected chi connectivity index (χ4v) is 2.35. The van der Waals surface area contributed by atoms with E-state index in [9.17, 15) is 0 Å². The summed E-state index contributed by atoms with van der Waals surface area (Å²) in [6.45, 7) is 2.92. The Kier molecular flexibility index (Phi) is 5.14. The number of hydrogen-bond acceptors (Lipinski definition) is 3. The topological polar surface area (TPSA) is 28.2 Å². The van der Waals surface area contributed by atoms with Crippen molar-refractivity contribution in [3.05, 3.63) is 41.0 Å². The van der Waals surface area contributed by atoms with Crippen LogP contribution in [0.1, 0.15) is 12.0 Å². The van der Waals surface area contributed by atoms with Crippen LogP contribution in [0.2, 0.25) is 5.15 Å². The number of para-hydroxylation sites is 1. The van der Waals surface area contributed by atoms with E-state index in [1.165, 1.54) is 0 Å². The maximum Gasteiger partial charge on any atom is 0.134 e. The smallest absolute Gasteiger partial charge is 0.134 e. The van der Waals surface area contributed by atoms with Gasteiger partial charge in [-0.2, -0.15) is 0 Å². The lowest BCUT2D eigenvalue weighted by Crippen LogP contribution is -2.22. The molecule has 0 amide bonds. The molecule has 0 aliphatic carbocycles. The van der Waals surface area contributed by atoms with Crippen molar-refractivity contribution < 1.29 is 0 Å². The number of fused-ring (bicyclic) bond motifs is 1. The zero-order chi connectivity index (χ0) is 13.7. The molecule has 0 fully saturated rings. The average molecular weight is 278 g/mol. The van der Waals surface area contributed by atoms with Crippen molar-refractivity contribution in [2.45, 2.75) is 13.0 Å². The highest BCUT2D eigenvalue weighted by Gasteiger charge is 2.07. The second-order valence-electron chi connectivity index (χ2n) is 4.83. The van der Waals surface area contributed by atoms with E-state index in [0.717, 1.165) is 42.5 Å². The lowest BCUT2D eigenvalue weighted by atomic mass is 10.1. The molecule has 0 atom stereocenters. The summed E-state index contributed by atoms with van der Waals surface area (Å²) in [5, 5.41) is 4.91. The van der Waals surface area contributed by atoms with Gasteiger partial charge in [-0.05, 0) is 45.7 Å². The molecule has 4 heteroatoms. The fraction of sp³-hybridized carbons (Fsp3) is 0.400. The van der Waals surface area contributed by atoms with E-state index >= 15 is 0 Å². The molecule has 3 nitrogen and oxygen atoms in total. The fourth-order valence-electron chi connectivity index (χ4n) is 2.14. The zero-order valence-corrected chi connectivity index (χ0v) is 12.2.